The number of piperidine rings is 1. The Labute approximate surface area is 173 Å². The van der Waals surface area contributed by atoms with Crippen molar-refractivity contribution in [2.75, 3.05) is 33.3 Å². The minimum Gasteiger partial charge on any atom is -0.496 e. The molecule has 0 spiro atoms. The number of ether oxygens (including phenoxy) is 1. The molecule has 1 fully saturated rings. The van der Waals surface area contributed by atoms with E-state index in [0.29, 0.717) is 18.8 Å². The smallest absolute Gasteiger partial charge is 0.276 e. The summed E-state index contributed by atoms with van der Waals surface area (Å²) in [5.74, 6) is 0.897. The van der Waals surface area contributed by atoms with Crippen molar-refractivity contribution >= 4 is 5.91 Å². The molecular weight excluding hydrogens is 366 g/mol. The summed E-state index contributed by atoms with van der Waals surface area (Å²) in [5, 5.41) is 8.44. The molecule has 3 rings (SSSR count). The Balaban J connectivity index is 1.69. The van der Waals surface area contributed by atoms with Gasteiger partial charge in [0.2, 0.25) is 0 Å². The fraction of sp³-hybridized carbons (Fsp3) is 0.591. The number of hydrogen-bond donors (Lipinski definition) is 0. The Morgan fingerprint density at radius 2 is 2.00 bits per heavy atom. The fourth-order valence-electron chi connectivity index (χ4n) is 4.10. The van der Waals surface area contributed by atoms with Crippen molar-refractivity contribution in [2.24, 2.45) is 0 Å². The van der Waals surface area contributed by atoms with Gasteiger partial charge in [-0.2, -0.15) is 0 Å². The van der Waals surface area contributed by atoms with E-state index in [-0.39, 0.29) is 11.9 Å². The van der Waals surface area contributed by atoms with Gasteiger partial charge in [0.15, 0.2) is 5.69 Å². The lowest BCUT2D eigenvalue weighted by atomic mass is 10.0. The Morgan fingerprint density at radius 1 is 1.24 bits per heavy atom. The highest BCUT2D eigenvalue weighted by Crippen LogP contribution is 2.26. The zero-order chi connectivity index (χ0) is 21.0. The summed E-state index contributed by atoms with van der Waals surface area (Å²) in [7, 11) is 1.72. The number of carbonyl (C=O) groups excluding carboxylic acids is 1. The molecule has 0 saturated carbocycles. The van der Waals surface area contributed by atoms with Gasteiger partial charge < -0.3 is 9.64 Å². The van der Waals surface area contributed by atoms with E-state index in [0.717, 1.165) is 43.8 Å². The van der Waals surface area contributed by atoms with Gasteiger partial charge >= 0.3 is 0 Å². The van der Waals surface area contributed by atoms with Gasteiger partial charge in [0.05, 0.1) is 19.3 Å². The zero-order valence-electron chi connectivity index (χ0n) is 18.3. The third kappa shape index (κ3) is 4.78. The minimum atomic E-state index is -0.0433. The Bertz CT molecular complexity index is 844. The largest absolute Gasteiger partial charge is 0.496 e. The number of nitrogens with zero attached hydrogens (tertiary/aromatic N) is 5. The van der Waals surface area contributed by atoms with Crippen molar-refractivity contribution in [2.45, 2.75) is 53.1 Å². The Hall–Kier alpha value is -2.41. The van der Waals surface area contributed by atoms with Gasteiger partial charge in [0, 0.05) is 26.2 Å². The van der Waals surface area contributed by atoms with Crippen LogP contribution < -0.4 is 4.74 Å². The molecule has 2 heterocycles. The molecule has 0 aliphatic carbocycles. The van der Waals surface area contributed by atoms with Crippen LogP contribution in [0, 0.1) is 13.8 Å². The molecule has 1 saturated heterocycles. The molecule has 7 heteroatoms. The van der Waals surface area contributed by atoms with Crippen LogP contribution in [0.25, 0.3) is 0 Å². The van der Waals surface area contributed by atoms with Crippen LogP contribution in [-0.2, 0) is 6.54 Å². The van der Waals surface area contributed by atoms with Crippen LogP contribution in [0.4, 0.5) is 0 Å². The second-order valence-electron chi connectivity index (χ2n) is 7.84. The second kappa shape index (κ2) is 9.39. The summed E-state index contributed by atoms with van der Waals surface area (Å²) in [6, 6.07) is 4.59. The van der Waals surface area contributed by atoms with Crippen LogP contribution in [0.1, 0.15) is 59.9 Å². The third-order valence-corrected chi connectivity index (χ3v) is 5.88. The van der Waals surface area contributed by atoms with Crippen LogP contribution in [0.5, 0.6) is 5.75 Å². The zero-order valence-corrected chi connectivity index (χ0v) is 18.3. The summed E-state index contributed by atoms with van der Waals surface area (Å²) in [4.78, 5) is 16.8. The van der Waals surface area contributed by atoms with E-state index in [4.69, 9.17) is 4.74 Å². The molecule has 0 N–H and O–H groups in total. The molecule has 2 aromatic rings. The lowest BCUT2D eigenvalue weighted by molar-refractivity contribution is 0.0767. The predicted molar refractivity (Wildman–Crippen MR) is 113 cm³/mol. The first kappa shape index (κ1) is 21.3. The van der Waals surface area contributed by atoms with E-state index < -0.39 is 0 Å². The van der Waals surface area contributed by atoms with Gasteiger partial charge in [-0.1, -0.05) is 11.3 Å². The van der Waals surface area contributed by atoms with E-state index in [2.05, 4.69) is 41.2 Å². The van der Waals surface area contributed by atoms with Crippen LogP contribution in [0.2, 0.25) is 0 Å². The van der Waals surface area contributed by atoms with Gasteiger partial charge in [0.1, 0.15) is 5.75 Å². The van der Waals surface area contributed by atoms with E-state index in [1.165, 1.54) is 11.1 Å². The van der Waals surface area contributed by atoms with Gasteiger partial charge in [-0.05, 0) is 69.8 Å². The molecule has 1 amide bonds. The summed E-state index contributed by atoms with van der Waals surface area (Å²) in [6.45, 7) is 12.4. The highest BCUT2D eigenvalue weighted by Gasteiger charge is 2.25. The quantitative estimate of drug-likeness (QED) is 0.715. The van der Waals surface area contributed by atoms with Crippen LogP contribution in [0.3, 0.4) is 0 Å². The first-order chi connectivity index (χ1) is 14.0. The molecule has 1 aromatic carbocycles. The highest BCUT2D eigenvalue weighted by atomic mass is 16.5. The number of aryl methyl sites for hydroxylation is 2. The number of amides is 1. The first-order valence-corrected chi connectivity index (χ1v) is 10.5. The van der Waals surface area contributed by atoms with E-state index in [1.54, 1.807) is 12.0 Å². The van der Waals surface area contributed by atoms with E-state index >= 15 is 0 Å². The number of aromatic nitrogens is 3. The lowest BCUT2D eigenvalue weighted by Gasteiger charge is -2.33. The standard InChI is InChI=1S/C22H33N5O2/c1-6-26(7-2)22(28)20-15-27(24-23-20)19-9-8-10-25(14-19)13-18-11-17(4)21(29-5)12-16(18)3/h11-12,15,19H,6-10,13-14H2,1-5H3. The molecule has 1 aliphatic rings. The second-order valence-corrected chi connectivity index (χ2v) is 7.84. The van der Waals surface area contributed by atoms with E-state index in [1.807, 2.05) is 24.7 Å². The molecular formula is C22H33N5O2. The Morgan fingerprint density at radius 3 is 2.69 bits per heavy atom. The monoisotopic (exact) mass is 399 g/mol. The molecule has 29 heavy (non-hydrogen) atoms. The number of carbonyl (C=O) groups is 1. The maximum atomic E-state index is 12.5. The topological polar surface area (TPSA) is 63.5 Å². The predicted octanol–water partition coefficient (Wildman–Crippen LogP) is 3.22. The number of likely N-dealkylation sites (tertiary alicyclic amines) is 1. The number of hydrogen-bond acceptors (Lipinski definition) is 5. The average Bonchev–Trinajstić information content (AvgIpc) is 3.22. The maximum absolute atomic E-state index is 12.5. The van der Waals surface area contributed by atoms with Crippen LogP contribution in [-0.4, -0.2) is 64.0 Å². The average molecular weight is 400 g/mol. The van der Waals surface area contributed by atoms with Crippen LogP contribution >= 0.6 is 0 Å². The summed E-state index contributed by atoms with van der Waals surface area (Å²) < 4.78 is 7.32. The number of benzene rings is 1. The molecule has 1 unspecified atom stereocenters. The van der Waals surface area contributed by atoms with Crippen molar-refractivity contribution in [1.82, 2.24) is 24.8 Å². The normalized spacial score (nSPS) is 17.3. The molecule has 0 radical (unpaired) electrons. The molecule has 7 nitrogen and oxygen atoms in total. The summed E-state index contributed by atoms with van der Waals surface area (Å²) >= 11 is 0. The van der Waals surface area contributed by atoms with Crippen molar-refractivity contribution in [3.8, 4) is 5.75 Å². The van der Waals surface area contributed by atoms with Crippen LogP contribution in [0.15, 0.2) is 18.3 Å². The Kier molecular flexibility index (Phi) is 6.90. The van der Waals surface area contributed by atoms with Gasteiger partial charge in [0.25, 0.3) is 5.91 Å². The molecule has 1 aliphatic heterocycles. The molecule has 1 atom stereocenters. The molecule has 0 bridgehead atoms. The lowest BCUT2D eigenvalue weighted by Crippen LogP contribution is -2.36. The highest BCUT2D eigenvalue weighted by molar-refractivity contribution is 5.91. The van der Waals surface area contributed by atoms with Crippen molar-refractivity contribution in [1.29, 1.82) is 0 Å². The van der Waals surface area contributed by atoms with Gasteiger partial charge in [-0.25, -0.2) is 4.68 Å². The van der Waals surface area contributed by atoms with Gasteiger partial charge in [-0.15, -0.1) is 5.10 Å². The summed E-state index contributed by atoms with van der Waals surface area (Å²) in [5.41, 5.74) is 4.19. The fourth-order valence-corrected chi connectivity index (χ4v) is 4.10. The molecule has 158 valence electrons. The van der Waals surface area contributed by atoms with Crippen molar-refractivity contribution < 1.29 is 9.53 Å². The SMILES string of the molecule is CCN(CC)C(=O)c1cn(C2CCCN(Cc3cc(C)c(OC)cc3C)C2)nn1. The summed E-state index contributed by atoms with van der Waals surface area (Å²) in [6.07, 6.45) is 3.98. The maximum Gasteiger partial charge on any atom is 0.276 e. The van der Waals surface area contributed by atoms with E-state index in [9.17, 15) is 4.79 Å². The van der Waals surface area contributed by atoms with Gasteiger partial charge in [-0.3, -0.25) is 9.69 Å². The van der Waals surface area contributed by atoms with Crippen molar-refractivity contribution in [3.05, 3.63) is 40.7 Å². The van der Waals surface area contributed by atoms with Crippen molar-refractivity contribution in [3.63, 3.8) is 0 Å². The third-order valence-electron chi connectivity index (χ3n) is 5.88. The number of methoxy groups -OCH3 is 1. The first-order valence-electron chi connectivity index (χ1n) is 10.5. The molecule has 1 aromatic heterocycles. The minimum absolute atomic E-state index is 0.0433. The number of rotatable bonds is 7.